The number of ether oxygens (including phenoxy) is 1. The molecule has 0 bridgehead atoms. The molecule has 2 aromatic rings. The second-order valence-corrected chi connectivity index (χ2v) is 6.75. The summed E-state index contributed by atoms with van der Waals surface area (Å²) in [6.45, 7) is 2.41. The number of nitrogens with one attached hydrogen (secondary N) is 1. The van der Waals surface area contributed by atoms with Crippen LogP contribution >= 0.6 is 11.3 Å². The molecule has 1 aliphatic rings. The van der Waals surface area contributed by atoms with E-state index in [4.69, 9.17) is 4.74 Å². The average Bonchev–Trinajstić information content (AvgIpc) is 2.98. The summed E-state index contributed by atoms with van der Waals surface area (Å²) in [5.74, 6) is -1.42. The van der Waals surface area contributed by atoms with Crippen molar-refractivity contribution in [2.24, 2.45) is 0 Å². The minimum Gasteiger partial charge on any atom is -0.480 e. The van der Waals surface area contributed by atoms with E-state index in [0.29, 0.717) is 23.8 Å². The number of carbonyl (C=O) groups excluding carboxylic acids is 1. The highest BCUT2D eigenvalue weighted by molar-refractivity contribution is 7.17. The van der Waals surface area contributed by atoms with Gasteiger partial charge in [-0.05, 0) is 6.92 Å². The lowest BCUT2D eigenvalue weighted by Crippen LogP contribution is -2.57. The van der Waals surface area contributed by atoms with E-state index in [1.54, 1.807) is 6.92 Å². The van der Waals surface area contributed by atoms with E-state index in [9.17, 15) is 14.7 Å². The second-order valence-electron chi connectivity index (χ2n) is 5.75. The number of thiazole rings is 1. The average molecular weight is 346 g/mol. The van der Waals surface area contributed by atoms with Gasteiger partial charge in [0.15, 0.2) is 0 Å². The number of carboxylic acid groups (broad SMARTS) is 1. The molecule has 1 aromatic carbocycles. The minimum absolute atomic E-state index is 0.261. The van der Waals surface area contributed by atoms with E-state index in [1.165, 1.54) is 11.3 Å². The molecule has 3 rings (SSSR count). The number of carboxylic acids is 1. The number of amides is 1. The molecule has 6 nitrogen and oxygen atoms in total. The van der Waals surface area contributed by atoms with E-state index in [2.05, 4.69) is 10.3 Å². The fourth-order valence-corrected chi connectivity index (χ4v) is 3.66. The van der Waals surface area contributed by atoms with Gasteiger partial charge in [-0.15, -0.1) is 11.3 Å². The van der Waals surface area contributed by atoms with Crippen LogP contribution in [0.1, 0.15) is 28.2 Å². The number of benzene rings is 1. The molecule has 2 N–H and O–H groups in total. The topological polar surface area (TPSA) is 88.5 Å². The Bertz CT molecular complexity index is 751. The Labute approximate surface area is 143 Å². The van der Waals surface area contributed by atoms with Gasteiger partial charge in [-0.2, -0.15) is 0 Å². The van der Waals surface area contributed by atoms with Crippen LogP contribution in [-0.4, -0.2) is 40.7 Å². The van der Waals surface area contributed by atoms with Gasteiger partial charge >= 0.3 is 5.97 Å². The maximum Gasteiger partial charge on any atom is 0.329 e. The highest BCUT2D eigenvalue weighted by Gasteiger charge is 2.42. The third-order valence-electron chi connectivity index (χ3n) is 4.13. The second kappa shape index (κ2) is 6.70. The van der Waals surface area contributed by atoms with Gasteiger partial charge in [-0.25, -0.2) is 9.78 Å². The number of aromatic nitrogens is 1. The summed E-state index contributed by atoms with van der Waals surface area (Å²) in [5, 5.41) is 13.0. The molecule has 0 spiro atoms. The minimum atomic E-state index is -1.27. The molecule has 0 saturated carbocycles. The zero-order valence-electron chi connectivity index (χ0n) is 13.2. The van der Waals surface area contributed by atoms with Crippen molar-refractivity contribution >= 4 is 23.2 Å². The maximum atomic E-state index is 12.6. The molecule has 7 heteroatoms. The van der Waals surface area contributed by atoms with Crippen molar-refractivity contribution in [3.8, 4) is 10.6 Å². The summed E-state index contributed by atoms with van der Waals surface area (Å²) in [7, 11) is 0. The molecule has 2 heterocycles. The van der Waals surface area contributed by atoms with E-state index in [1.807, 2.05) is 30.3 Å². The number of aliphatic carboxylic acids is 1. The van der Waals surface area contributed by atoms with Crippen molar-refractivity contribution in [1.29, 1.82) is 0 Å². The number of rotatable bonds is 4. The van der Waals surface area contributed by atoms with E-state index in [-0.39, 0.29) is 12.8 Å². The summed E-state index contributed by atoms with van der Waals surface area (Å²) < 4.78 is 5.22. The van der Waals surface area contributed by atoms with Gasteiger partial charge in [0.2, 0.25) is 0 Å². The summed E-state index contributed by atoms with van der Waals surface area (Å²) in [6.07, 6.45) is 0.523. The molecule has 126 valence electrons. The SMILES string of the molecule is Cc1nc(-c2ccccc2)sc1C(=O)NC1(C(=O)O)CCOCC1. The molecule has 1 aliphatic heterocycles. The Morgan fingerprint density at radius 3 is 2.54 bits per heavy atom. The van der Waals surface area contributed by atoms with Crippen molar-refractivity contribution in [2.75, 3.05) is 13.2 Å². The molecule has 1 fully saturated rings. The third kappa shape index (κ3) is 3.18. The molecular formula is C17H18N2O4S. The standard InChI is InChI=1S/C17H18N2O4S/c1-11-13(24-15(18-11)12-5-3-2-4-6-12)14(20)19-17(16(21)22)7-9-23-10-8-17/h2-6H,7-10H2,1H3,(H,19,20)(H,21,22). The molecule has 1 saturated heterocycles. The Kier molecular flexibility index (Phi) is 4.64. The van der Waals surface area contributed by atoms with Crippen LogP contribution in [0, 0.1) is 6.92 Å². The van der Waals surface area contributed by atoms with Crippen LogP contribution in [0.15, 0.2) is 30.3 Å². The largest absolute Gasteiger partial charge is 0.480 e. The van der Waals surface area contributed by atoms with Crippen molar-refractivity contribution in [2.45, 2.75) is 25.3 Å². The fraction of sp³-hybridized carbons (Fsp3) is 0.353. The van der Waals surface area contributed by atoms with Gasteiger partial charge in [-0.3, -0.25) is 4.79 Å². The van der Waals surface area contributed by atoms with Crippen molar-refractivity contribution in [3.05, 3.63) is 40.9 Å². The van der Waals surface area contributed by atoms with E-state index >= 15 is 0 Å². The zero-order valence-corrected chi connectivity index (χ0v) is 14.1. The van der Waals surface area contributed by atoms with Crippen LogP contribution in [0.3, 0.4) is 0 Å². The van der Waals surface area contributed by atoms with E-state index in [0.717, 1.165) is 10.6 Å². The first kappa shape index (κ1) is 16.6. The lowest BCUT2D eigenvalue weighted by molar-refractivity contribution is -0.148. The van der Waals surface area contributed by atoms with Gasteiger partial charge in [0.1, 0.15) is 15.4 Å². The predicted octanol–water partition coefficient (Wildman–Crippen LogP) is 2.48. The zero-order chi connectivity index (χ0) is 17.2. The first-order chi connectivity index (χ1) is 11.5. The Morgan fingerprint density at radius 2 is 1.92 bits per heavy atom. The van der Waals surface area contributed by atoms with E-state index < -0.39 is 17.4 Å². The molecule has 0 unspecified atom stereocenters. The van der Waals surface area contributed by atoms with Gasteiger partial charge in [0.25, 0.3) is 5.91 Å². The third-order valence-corrected chi connectivity index (χ3v) is 5.34. The predicted molar refractivity (Wildman–Crippen MR) is 90.2 cm³/mol. The molecular weight excluding hydrogens is 328 g/mol. The normalized spacial score (nSPS) is 16.5. The van der Waals surface area contributed by atoms with Gasteiger partial charge < -0.3 is 15.2 Å². The number of hydrogen-bond acceptors (Lipinski definition) is 5. The van der Waals surface area contributed by atoms with Gasteiger partial charge in [0, 0.05) is 31.6 Å². The smallest absolute Gasteiger partial charge is 0.329 e. The number of hydrogen-bond donors (Lipinski definition) is 2. The van der Waals surface area contributed by atoms with Crippen LogP contribution in [0.25, 0.3) is 10.6 Å². The number of aryl methyl sites for hydroxylation is 1. The van der Waals surface area contributed by atoms with Gasteiger partial charge in [0.05, 0.1) is 5.69 Å². The number of carbonyl (C=O) groups is 2. The summed E-state index contributed by atoms with van der Waals surface area (Å²) in [5.41, 5.74) is 0.270. The fourth-order valence-electron chi connectivity index (χ4n) is 2.70. The molecule has 0 atom stereocenters. The highest BCUT2D eigenvalue weighted by atomic mass is 32.1. The monoisotopic (exact) mass is 346 g/mol. The number of nitrogens with zero attached hydrogens (tertiary/aromatic N) is 1. The van der Waals surface area contributed by atoms with Crippen molar-refractivity contribution in [1.82, 2.24) is 10.3 Å². The molecule has 24 heavy (non-hydrogen) atoms. The van der Waals surface area contributed by atoms with Crippen LogP contribution in [0.5, 0.6) is 0 Å². The lowest BCUT2D eigenvalue weighted by Gasteiger charge is -2.33. The Balaban J connectivity index is 1.85. The summed E-state index contributed by atoms with van der Waals surface area (Å²) in [4.78, 5) is 29.2. The van der Waals surface area contributed by atoms with Crippen molar-refractivity contribution < 1.29 is 19.4 Å². The van der Waals surface area contributed by atoms with Crippen molar-refractivity contribution in [3.63, 3.8) is 0 Å². The lowest BCUT2D eigenvalue weighted by atomic mass is 9.90. The van der Waals surface area contributed by atoms with Crippen LogP contribution in [0.4, 0.5) is 0 Å². The molecule has 1 amide bonds. The summed E-state index contributed by atoms with van der Waals surface area (Å²) >= 11 is 1.27. The Hall–Kier alpha value is -2.25. The Morgan fingerprint density at radius 1 is 1.25 bits per heavy atom. The first-order valence-corrected chi connectivity index (χ1v) is 8.50. The maximum absolute atomic E-state index is 12.6. The highest BCUT2D eigenvalue weighted by Crippen LogP contribution is 2.29. The van der Waals surface area contributed by atoms with Gasteiger partial charge in [-0.1, -0.05) is 30.3 Å². The first-order valence-electron chi connectivity index (χ1n) is 7.68. The molecule has 0 radical (unpaired) electrons. The van der Waals surface area contributed by atoms with Crippen LogP contribution in [0.2, 0.25) is 0 Å². The van der Waals surface area contributed by atoms with Crippen LogP contribution < -0.4 is 5.32 Å². The summed E-state index contributed by atoms with van der Waals surface area (Å²) in [6, 6.07) is 9.59. The quantitative estimate of drug-likeness (QED) is 0.888. The molecule has 1 aromatic heterocycles. The van der Waals surface area contributed by atoms with Crippen LogP contribution in [-0.2, 0) is 9.53 Å². The molecule has 0 aliphatic carbocycles.